The maximum atomic E-state index is 13.1. The Morgan fingerprint density at radius 3 is 2.78 bits per heavy atom. The fraction of sp³-hybridized carbons (Fsp3) is 0.250. The predicted molar refractivity (Wildman–Crippen MR) is 92.1 cm³/mol. The number of rotatable bonds is 1. The monoisotopic (exact) mass is 305 g/mol. The van der Waals surface area contributed by atoms with Crippen molar-refractivity contribution < 1.29 is 9.21 Å². The largest absolute Gasteiger partial charge is 0.451 e. The number of para-hydroxylation sites is 1. The summed E-state index contributed by atoms with van der Waals surface area (Å²) >= 11 is 0. The van der Waals surface area contributed by atoms with Gasteiger partial charge in [0, 0.05) is 23.2 Å². The van der Waals surface area contributed by atoms with Crippen LogP contribution in [0.15, 0.2) is 46.9 Å². The summed E-state index contributed by atoms with van der Waals surface area (Å²) < 4.78 is 5.86. The smallest absolute Gasteiger partial charge is 0.294 e. The van der Waals surface area contributed by atoms with Crippen molar-refractivity contribution in [1.29, 1.82) is 0 Å². The van der Waals surface area contributed by atoms with Crippen LogP contribution in [0.4, 0.5) is 5.69 Å². The van der Waals surface area contributed by atoms with E-state index in [4.69, 9.17) is 4.42 Å². The van der Waals surface area contributed by atoms with Crippen molar-refractivity contribution in [3.63, 3.8) is 0 Å². The molecule has 1 aliphatic rings. The molecule has 0 unspecified atom stereocenters. The first-order valence-corrected chi connectivity index (χ1v) is 8.04. The molecular weight excluding hydrogens is 286 g/mol. The Kier molecular flexibility index (Phi) is 3.22. The fourth-order valence-corrected chi connectivity index (χ4v) is 3.44. The lowest BCUT2D eigenvalue weighted by Gasteiger charge is -2.29. The molecule has 23 heavy (non-hydrogen) atoms. The molecule has 3 nitrogen and oxygen atoms in total. The van der Waals surface area contributed by atoms with Crippen LogP contribution >= 0.6 is 0 Å². The van der Waals surface area contributed by atoms with Crippen molar-refractivity contribution in [3.8, 4) is 0 Å². The van der Waals surface area contributed by atoms with Crippen molar-refractivity contribution in [2.75, 3.05) is 11.4 Å². The van der Waals surface area contributed by atoms with Gasteiger partial charge in [0.15, 0.2) is 5.76 Å². The van der Waals surface area contributed by atoms with Crippen molar-refractivity contribution in [1.82, 2.24) is 0 Å². The minimum Gasteiger partial charge on any atom is -0.451 e. The van der Waals surface area contributed by atoms with E-state index in [0.717, 1.165) is 41.6 Å². The Morgan fingerprint density at radius 1 is 1.13 bits per heavy atom. The van der Waals surface area contributed by atoms with Gasteiger partial charge in [0.1, 0.15) is 5.58 Å². The van der Waals surface area contributed by atoms with Gasteiger partial charge in [0.25, 0.3) is 5.91 Å². The maximum absolute atomic E-state index is 13.1. The number of hydrogen-bond donors (Lipinski definition) is 0. The number of nitrogens with zero attached hydrogens (tertiary/aromatic N) is 1. The molecule has 1 amide bonds. The molecule has 0 fully saturated rings. The zero-order valence-electron chi connectivity index (χ0n) is 13.4. The minimum absolute atomic E-state index is 0.0384. The Balaban J connectivity index is 1.79. The highest BCUT2D eigenvalue weighted by molar-refractivity contribution is 6.08. The van der Waals surface area contributed by atoms with Crippen LogP contribution in [0.2, 0.25) is 0 Å². The van der Waals surface area contributed by atoms with Crippen molar-refractivity contribution in [3.05, 3.63) is 64.9 Å². The van der Waals surface area contributed by atoms with Crippen LogP contribution < -0.4 is 4.90 Å². The Bertz CT molecular complexity index is 907. The van der Waals surface area contributed by atoms with Crippen LogP contribution in [0.1, 0.15) is 33.7 Å². The molecular formula is C20H19NO2. The highest BCUT2D eigenvalue weighted by Gasteiger charge is 2.27. The summed E-state index contributed by atoms with van der Waals surface area (Å²) in [6.45, 7) is 4.79. The number of amides is 1. The summed E-state index contributed by atoms with van der Waals surface area (Å²) in [7, 11) is 0. The number of furan rings is 1. The normalized spacial score (nSPS) is 14.1. The average Bonchev–Trinajstić information content (AvgIpc) is 2.91. The van der Waals surface area contributed by atoms with Crippen molar-refractivity contribution in [2.45, 2.75) is 26.7 Å². The lowest BCUT2D eigenvalue weighted by Crippen LogP contribution is -2.35. The molecule has 1 aliphatic heterocycles. The molecule has 2 heterocycles. The SMILES string of the molecule is Cc1ccc2c(c1)CCCN2C(=O)c1oc2ccccc2c1C. The van der Waals surface area contributed by atoms with Crippen molar-refractivity contribution in [2.24, 2.45) is 0 Å². The summed E-state index contributed by atoms with van der Waals surface area (Å²) in [5.41, 5.74) is 5.20. The number of benzene rings is 2. The molecule has 4 rings (SSSR count). The van der Waals surface area contributed by atoms with Crippen LogP contribution in [0, 0.1) is 13.8 Å². The van der Waals surface area contributed by atoms with E-state index in [1.165, 1.54) is 11.1 Å². The number of carbonyl (C=O) groups is 1. The Labute approximate surface area is 135 Å². The van der Waals surface area contributed by atoms with E-state index in [1.54, 1.807) is 0 Å². The third kappa shape index (κ3) is 2.24. The number of aryl methyl sites for hydroxylation is 3. The van der Waals surface area contributed by atoms with Gasteiger partial charge in [0.2, 0.25) is 0 Å². The second-order valence-electron chi connectivity index (χ2n) is 6.24. The van der Waals surface area contributed by atoms with Gasteiger partial charge >= 0.3 is 0 Å². The number of anilines is 1. The molecule has 116 valence electrons. The minimum atomic E-state index is -0.0384. The standard InChI is InChI=1S/C20H19NO2/c1-13-9-10-17-15(12-13)6-5-11-21(17)20(22)19-14(2)16-7-3-4-8-18(16)23-19/h3-4,7-10,12H,5-6,11H2,1-2H3. The number of carbonyl (C=O) groups excluding carboxylic acids is 1. The van der Waals surface area contributed by atoms with Gasteiger partial charge < -0.3 is 9.32 Å². The van der Waals surface area contributed by atoms with E-state index in [9.17, 15) is 4.79 Å². The van der Waals surface area contributed by atoms with Crippen LogP contribution in [0.25, 0.3) is 11.0 Å². The molecule has 1 aromatic heterocycles. The summed E-state index contributed by atoms with van der Waals surface area (Å²) in [6.07, 6.45) is 2.02. The molecule has 0 atom stereocenters. The third-order valence-corrected chi connectivity index (χ3v) is 4.64. The summed E-state index contributed by atoms with van der Waals surface area (Å²) in [5.74, 6) is 0.420. The number of hydrogen-bond acceptors (Lipinski definition) is 2. The molecule has 3 aromatic rings. The van der Waals surface area contributed by atoms with Gasteiger partial charge in [0.05, 0.1) is 0 Å². The van der Waals surface area contributed by atoms with E-state index >= 15 is 0 Å². The van der Waals surface area contributed by atoms with Gasteiger partial charge in [-0.3, -0.25) is 4.79 Å². The molecule has 0 saturated carbocycles. The van der Waals surface area contributed by atoms with E-state index in [1.807, 2.05) is 36.1 Å². The predicted octanol–water partition coefficient (Wildman–Crippen LogP) is 4.64. The zero-order valence-corrected chi connectivity index (χ0v) is 13.4. The first-order valence-electron chi connectivity index (χ1n) is 8.04. The van der Waals surface area contributed by atoms with Gasteiger partial charge in [-0.25, -0.2) is 0 Å². The Hall–Kier alpha value is -2.55. The lowest BCUT2D eigenvalue weighted by atomic mass is 9.99. The molecule has 0 bridgehead atoms. The molecule has 0 aliphatic carbocycles. The van der Waals surface area contributed by atoms with Crippen LogP contribution in [-0.4, -0.2) is 12.5 Å². The van der Waals surface area contributed by atoms with Crippen LogP contribution in [0.3, 0.4) is 0 Å². The quantitative estimate of drug-likeness (QED) is 0.656. The first kappa shape index (κ1) is 14.1. The molecule has 2 aromatic carbocycles. The van der Waals surface area contributed by atoms with Gasteiger partial charge in [-0.2, -0.15) is 0 Å². The first-order chi connectivity index (χ1) is 11.1. The van der Waals surface area contributed by atoms with E-state index in [2.05, 4.69) is 25.1 Å². The fourth-order valence-electron chi connectivity index (χ4n) is 3.44. The third-order valence-electron chi connectivity index (χ3n) is 4.64. The summed E-state index contributed by atoms with van der Waals surface area (Å²) in [6, 6.07) is 14.1. The van der Waals surface area contributed by atoms with E-state index in [0.29, 0.717) is 5.76 Å². The van der Waals surface area contributed by atoms with Crippen LogP contribution in [-0.2, 0) is 6.42 Å². The van der Waals surface area contributed by atoms with E-state index < -0.39 is 0 Å². The van der Waals surface area contributed by atoms with E-state index in [-0.39, 0.29) is 5.91 Å². The molecule has 0 saturated heterocycles. The summed E-state index contributed by atoms with van der Waals surface area (Å²) in [4.78, 5) is 14.9. The molecule has 0 spiro atoms. The Morgan fingerprint density at radius 2 is 1.96 bits per heavy atom. The number of fused-ring (bicyclic) bond motifs is 2. The van der Waals surface area contributed by atoms with Gasteiger partial charge in [-0.1, -0.05) is 35.9 Å². The highest BCUT2D eigenvalue weighted by atomic mass is 16.3. The average molecular weight is 305 g/mol. The highest BCUT2D eigenvalue weighted by Crippen LogP contribution is 2.32. The topological polar surface area (TPSA) is 33.5 Å². The molecule has 0 N–H and O–H groups in total. The summed E-state index contributed by atoms with van der Waals surface area (Å²) in [5, 5.41) is 1.01. The lowest BCUT2D eigenvalue weighted by molar-refractivity contribution is 0.0959. The van der Waals surface area contributed by atoms with Gasteiger partial charge in [-0.15, -0.1) is 0 Å². The van der Waals surface area contributed by atoms with Crippen LogP contribution in [0.5, 0.6) is 0 Å². The molecule has 0 radical (unpaired) electrons. The molecule has 3 heteroatoms. The maximum Gasteiger partial charge on any atom is 0.294 e. The second-order valence-corrected chi connectivity index (χ2v) is 6.24. The van der Waals surface area contributed by atoms with Crippen molar-refractivity contribution >= 4 is 22.6 Å². The second kappa shape index (κ2) is 5.27. The zero-order chi connectivity index (χ0) is 16.0. The van der Waals surface area contributed by atoms with Gasteiger partial charge in [-0.05, 0) is 44.4 Å².